The Morgan fingerprint density at radius 3 is 2.33 bits per heavy atom. The predicted molar refractivity (Wildman–Crippen MR) is 121 cm³/mol. The molecule has 152 valence electrons. The van der Waals surface area contributed by atoms with Crippen molar-refractivity contribution in [2.24, 2.45) is 0 Å². The fraction of sp³-hybridized carbons (Fsp3) is 0.200. The number of imide groups is 1. The number of rotatable bonds is 5. The van der Waals surface area contributed by atoms with Crippen molar-refractivity contribution in [1.29, 1.82) is 0 Å². The summed E-state index contributed by atoms with van der Waals surface area (Å²) in [7, 11) is 0. The first kappa shape index (κ1) is 20.2. The van der Waals surface area contributed by atoms with Gasteiger partial charge in [-0.2, -0.15) is 0 Å². The lowest BCUT2D eigenvalue weighted by Gasteiger charge is -2.17. The molecular weight excluding hydrogens is 394 g/mol. The van der Waals surface area contributed by atoms with Crippen molar-refractivity contribution >= 4 is 34.8 Å². The molecule has 5 heteroatoms. The molecule has 0 unspecified atom stereocenters. The van der Waals surface area contributed by atoms with Gasteiger partial charge in [-0.05, 0) is 74.2 Å². The Bertz CT molecular complexity index is 1180. The lowest BCUT2D eigenvalue weighted by Crippen LogP contribution is -2.31. The Morgan fingerprint density at radius 1 is 0.867 bits per heavy atom. The van der Waals surface area contributed by atoms with E-state index in [0.717, 1.165) is 33.6 Å². The minimum atomic E-state index is -0.283. The van der Waals surface area contributed by atoms with E-state index in [4.69, 9.17) is 4.42 Å². The predicted octanol–water partition coefficient (Wildman–Crippen LogP) is 5.73. The lowest BCUT2D eigenvalue weighted by molar-refractivity contribution is -0.119. The average Bonchev–Trinajstić information content (AvgIpc) is 3.29. The van der Waals surface area contributed by atoms with E-state index in [1.165, 1.54) is 16.7 Å². The Kier molecular flexibility index (Phi) is 5.39. The van der Waals surface area contributed by atoms with E-state index in [-0.39, 0.29) is 11.8 Å². The van der Waals surface area contributed by atoms with Gasteiger partial charge in [-0.3, -0.25) is 9.59 Å². The van der Waals surface area contributed by atoms with Crippen LogP contribution in [0.1, 0.15) is 33.6 Å². The number of carbonyl (C=O) groups is 2. The summed E-state index contributed by atoms with van der Waals surface area (Å²) in [5.41, 5.74) is 6.11. The highest BCUT2D eigenvalue weighted by Gasteiger charge is 2.40. The Morgan fingerprint density at radius 2 is 1.67 bits per heavy atom. The molecule has 0 fully saturated rings. The van der Waals surface area contributed by atoms with E-state index in [1.54, 1.807) is 6.26 Å². The van der Waals surface area contributed by atoms with Crippen LogP contribution in [0, 0.1) is 27.7 Å². The zero-order valence-electron chi connectivity index (χ0n) is 17.5. The van der Waals surface area contributed by atoms with E-state index in [0.29, 0.717) is 21.9 Å². The molecule has 0 atom stereocenters. The first-order valence-corrected chi connectivity index (χ1v) is 10.8. The van der Waals surface area contributed by atoms with Crippen LogP contribution in [0.15, 0.2) is 64.1 Å². The maximum absolute atomic E-state index is 13.5. The van der Waals surface area contributed by atoms with Crippen molar-refractivity contribution in [2.75, 3.05) is 4.90 Å². The molecule has 3 aromatic rings. The lowest BCUT2D eigenvalue weighted by atomic mass is 9.98. The van der Waals surface area contributed by atoms with Crippen molar-refractivity contribution in [3.8, 4) is 0 Å². The van der Waals surface area contributed by atoms with E-state index in [1.807, 2.05) is 76.2 Å². The zero-order valence-corrected chi connectivity index (χ0v) is 18.3. The standard InChI is InChI=1S/C25H23NO3S/c1-15-7-10-21(18(4)12-15)22-23(30-14-20-6-5-11-29-20)25(28)26(24(22)27)19-9-8-16(2)17(3)13-19/h5-13H,14H2,1-4H3. The van der Waals surface area contributed by atoms with Gasteiger partial charge in [0.05, 0.1) is 28.2 Å². The minimum absolute atomic E-state index is 0.280. The summed E-state index contributed by atoms with van der Waals surface area (Å²) < 4.78 is 5.42. The van der Waals surface area contributed by atoms with Gasteiger partial charge in [0.25, 0.3) is 11.8 Å². The molecule has 0 saturated heterocycles. The summed E-state index contributed by atoms with van der Waals surface area (Å²) in [5.74, 6) is 0.681. The van der Waals surface area contributed by atoms with Crippen LogP contribution < -0.4 is 4.90 Å². The number of carbonyl (C=O) groups excluding carboxylic acids is 2. The maximum atomic E-state index is 13.5. The van der Waals surface area contributed by atoms with Crippen molar-refractivity contribution in [1.82, 2.24) is 0 Å². The molecule has 0 aliphatic carbocycles. The summed E-state index contributed by atoms with van der Waals surface area (Å²) in [6, 6.07) is 15.3. The van der Waals surface area contributed by atoms with Crippen LogP contribution in [0.5, 0.6) is 0 Å². The molecule has 2 amide bonds. The summed E-state index contributed by atoms with van der Waals surface area (Å²) in [6.45, 7) is 7.98. The molecule has 1 aromatic heterocycles. The molecule has 4 rings (SSSR count). The summed E-state index contributed by atoms with van der Waals surface area (Å²) in [6.07, 6.45) is 1.61. The number of benzene rings is 2. The molecule has 1 aliphatic rings. The highest BCUT2D eigenvalue weighted by atomic mass is 32.2. The molecule has 0 spiro atoms. The van der Waals surface area contributed by atoms with Crippen molar-refractivity contribution in [3.63, 3.8) is 0 Å². The highest BCUT2D eigenvalue weighted by molar-refractivity contribution is 8.03. The SMILES string of the molecule is Cc1ccc(C2=C(SCc3ccco3)C(=O)N(c3ccc(C)c(C)c3)C2=O)c(C)c1. The van der Waals surface area contributed by atoms with Gasteiger partial charge < -0.3 is 4.42 Å². The Hall–Kier alpha value is -3.05. The fourth-order valence-corrected chi connectivity index (χ4v) is 4.62. The number of furan rings is 1. The fourth-order valence-electron chi connectivity index (χ4n) is 3.61. The summed E-state index contributed by atoms with van der Waals surface area (Å²) in [4.78, 5) is 28.7. The number of nitrogens with zero attached hydrogens (tertiary/aromatic N) is 1. The molecule has 0 bridgehead atoms. The van der Waals surface area contributed by atoms with Gasteiger partial charge in [-0.25, -0.2) is 4.90 Å². The molecule has 2 aromatic carbocycles. The summed E-state index contributed by atoms with van der Waals surface area (Å²) in [5, 5.41) is 0. The van der Waals surface area contributed by atoms with Crippen LogP contribution in [0.2, 0.25) is 0 Å². The van der Waals surface area contributed by atoms with Gasteiger partial charge in [-0.15, -0.1) is 11.8 Å². The third-order valence-corrected chi connectivity index (χ3v) is 6.48. The third-order valence-electron chi connectivity index (χ3n) is 5.38. The monoisotopic (exact) mass is 417 g/mol. The second-order valence-corrected chi connectivity index (χ2v) is 8.59. The molecule has 1 aliphatic heterocycles. The van der Waals surface area contributed by atoms with Crippen LogP contribution in [0.3, 0.4) is 0 Å². The number of amides is 2. The molecule has 4 nitrogen and oxygen atoms in total. The number of hydrogen-bond acceptors (Lipinski definition) is 4. The normalized spacial score (nSPS) is 14.2. The smallest absolute Gasteiger partial charge is 0.272 e. The Balaban J connectivity index is 1.80. The topological polar surface area (TPSA) is 50.5 Å². The van der Waals surface area contributed by atoms with Crippen molar-refractivity contribution < 1.29 is 14.0 Å². The number of anilines is 1. The van der Waals surface area contributed by atoms with E-state index in [2.05, 4.69) is 0 Å². The number of thioether (sulfide) groups is 1. The van der Waals surface area contributed by atoms with Gasteiger partial charge >= 0.3 is 0 Å². The van der Waals surface area contributed by atoms with E-state index >= 15 is 0 Å². The minimum Gasteiger partial charge on any atom is -0.468 e. The van der Waals surface area contributed by atoms with Crippen LogP contribution in [-0.4, -0.2) is 11.8 Å². The van der Waals surface area contributed by atoms with Gasteiger partial charge in [0.2, 0.25) is 0 Å². The van der Waals surface area contributed by atoms with Crippen LogP contribution >= 0.6 is 11.8 Å². The van der Waals surface area contributed by atoms with Gasteiger partial charge in [0.1, 0.15) is 5.76 Å². The second-order valence-electron chi connectivity index (χ2n) is 7.60. The van der Waals surface area contributed by atoms with Crippen LogP contribution in [0.4, 0.5) is 5.69 Å². The van der Waals surface area contributed by atoms with Gasteiger partial charge in [0, 0.05) is 0 Å². The first-order chi connectivity index (χ1) is 14.4. The quantitative estimate of drug-likeness (QED) is 0.497. The highest BCUT2D eigenvalue weighted by Crippen LogP contribution is 2.40. The summed E-state index contributed by atoms with van der Waals surface area (Å²) >= 11 is 1.35. The second kappa shape index (κ2) is 8.00. The molecule has 0 saturated carbocycles. The molecule has 0 radical (unpaired) electrons. The molecular formula is C25H23NO3S. The molecule has 30 heavy (non-hydrogen) atoms. The van der Waals surface area contributed by atoms with Crippen molar-refractivity contribution in [3.05, 3.63) is 93.3 Å². The van der Waals surface area contributed by atoms with Gasteiger partial charge in [0.15, 0.2) is 0 Å². The molecule has 0 N–H and O–H groups in total. The van der Waals surface area contributed by atoms with Gasteiger partial charge in [-0.1, -0.05) is 29.8 Å². The maximum Gasteiger partial charge on any atom is 0.272 e. The molecule has 2 heterocycles. The third kappa shape index (κ3) is 3.61. The van der Waals surface area contributed by atoms with Crippen molar-refractivity contribution in [2.45, 2.75) is 33.4 Å². The Labute approximate surface area is 180 Å². The zero-order chi connectivity index (χ0) is 21.4. The first-order valence-electron chi connectivity index (χ1n) is 9.80. The average molecular weight is 418 g/mol. The number of aryl methyl sites for hydroxylation is 4. The van der Waals surface area contributed by atoms with E-state index in [9.17, 15) is 9.59 Å². The van der Waals surface area contributed by atoms with Crippen LogP contribution in [-0.2, 0) is 15.3 Å². The van der Waals surface area contributed by atoms with E-state index < -0.39 is 0 Å². The van der Waals surface area contributed by atoms with Crippen LogP contribution in [0.25, 0.3) is 5.57 Å². The largest absolute Gasteiger partial charge is 0.468 e. The number of hydrogen-bond donors (Lipinski definition) is 0.